The zero-order valence-electron chi connectivity index (χ0n) is 13.7. The van der Waals surface area contributed by atoms with E-state index in [1.165, 1.54) is 0 Å². The molecule has 0 bridgehead atoms. The van der Waals surface area contributed by atoms with Crippen molar-refractivity contribution in [2.75, 3.05) is 14.1 Å². The van der Waals surface area contributed by atoms with E-state index in [2.05, 4.69) is 17.2 Å². The Bertz CT molecular complexity index is 548. The van der Waals surface area contributed by atoms with Crippen LogP contribution in [0.15, 0.2) is 24.4 Å². The normalized spacial score (nSPS) is 24.7. The second-order valence-electron chi connectivity index (χ2n) is 5.75. The van der Waals surface area contributed by atoms with Crippen molar-refractivity contribution in [1.82, 2.24) is 20.1 Å². The van der Waals surface area contributed by atoms with Crippen LogP contribution in [0.25, 0.3) is 0 Å². The molecule has 0 aliphatic carbocycles. The van der Waals surface area contributed by atoms with Crippen molar-refractivity contribution in [3.8, 4) is 0 Å². The molecule has 3 amide bonds. The van der Waals surface area contributed by atoms with Crippen LogP contribution in [0.4, 0.5) is 4.79 Å². The quantitative estimate of drug-likeness (QED) is 0.924. The minimum atomic E-state index is -1.07. The number of aromatic nitrogens is 1. The molecule has 6 nitrogen and oxygen atoms in total. The van der Waals surface area contributed by atoms with Gasteiger partial charge in [0.1, 0.15) is 6.17 Å². The van der Waals surface area contributed by atoms with Crippen molar-refractivity contribution in [2.45, 2.75) is 44.8 Å². The van der Waals surface area contributed by atoms with Crippen LogP contribution in [0.5, 0.6) is 0 Å². The van der Waals surface area contributed by atoms with Gasteiger partial charge in [-0.3, -0.25) is 14.7 Å². The fraction of sp³-hybridized carbons (Fsp3) is 0.562. The molecule has 1 saturated heterocycles. The summed E-state index contributed by atoms with van der Waals surface area (Å²) < 4.78 is 0. The third-order valence-corrected chi connectivity index (χ3v) is 4.38. The summed E-state index contributed by atoms with van der Waals surface area (Å²) in [6.07, 6.45) is 4.12. The first kappa shape index (κ1) is 16.3. The molecule has 2 rings (SSSR count). The molecule has 2 heterocycles. The van der Waals surface area contributed by atoms with Crippen molar-refractivity contribution in [3.63, 3.8) is 0 Å². The van der Waals surface area contributed by atoms with Crippen LogP contribution in [0.3, 0.4) is 0 Å². The van der Waals surface area contributed by atoms with Gasteiger partial charge in [0, 0.05) is 20.3 Å². The summed E-state index contributed by atoms with van der Waals surface area (Å²) in [6.45, 7) is 3.87. The Balaban J connectivity index is 2.50. The third kappa shape index (κ3) is 2.42. The number of nitrogens with zero attached hydrogens (tertiary/aromatic N) is 3. The highest BCUT2D eigenvalue weighted by atomic mass is 16.2. The summed E-state index contributed by atoms with van der Waals surface area (Å²) in [5, 5.41) is 2.66. The Kier molecular flexibility index (Phi) is 4.68. The predicted octanol–water partition coefficient (Wildman–Crippen LogP) is 1.93. The second-order valence-corrected chi connectivity index (χ2v) is 5.75. The molecule has 0 unspecified atom stereocenters. The van der Waals surface area contributed by atoms with Gasteiger partial charge in [-0.05, 0) is 31.9 Å². The molecule has 1 fully saturated rings. The van der Waals surface area contributed by atoms with Gasteiger partial charge in [-0.2, -0.15) is 0 Å². The van der Waals surface area contributed by atoms with Gasteiger partial charge in [-0.25, -0.2) is 4.79 Å². The number of carbonyl (C=O) groups is 2. The highest BCUT2D eigenvalue weighted by Crippen LogP contribution is 2.39. The number of amides is 3. The SMILES string of the molecule is CCCC[C@@H]1N(C)C(=O)[C@@](C)(c2ccccn2)N1C(=O)NC. The lowest BCUT2D eigenvalue weighted by molar-refractivity contribution is -0.132. The molecule has 1 aromatic heterocycles. The number of likely N-dealkylation sites (N-methyl/N-ethyl adjacent to an activating group) is 1. The third-order valence-electron chi connectivity index (χ3n) is 4.38. The van der Waals surface area contributed by atoms with Gasteiger partial charge in [0.2, 0.25) is 0 Å². The number of hydrogen-bond donors (Lipinski definition) is 1. The lowest BCUT2D eigenvalue weighted by Gasteiger charge is -2.35. The summed E-state index contributed by atoms with van der Waals surface area (Å²) in [5.74, 6) is -0.101. The van der Waals surface area contributed by atoms with Crippen molar-refractivity contribution in [3.05, 3.63) is 30.1 Å². The maximum Gasteiger partial charge on any atom is 0.320 e. The van der Waals surface area contributed by atoms with Crippen LogP contribution in [-0.4, -0.2) is 47.0 Å². The number of carbonyl (C=O) groups excluding carboxylic acids is 2. The van der Waals surface area contributed by atoms with Gasteiger partial charge in [0.15, 0.2) is 5.54 Å². The molecule has 0 aromatic carbocycles. The van der Waals surface area contributed by atoms with E-state index in [4.69, 9.17) is 0 Å². The summed E-state index contributed by atoms with van der Waals surface area (Å²) in [5.41, 5.74) is -0.483. The highest BCUT2D eigenvalue weighted by Gasteiger charge is 2.56. The van der Waals surface area contributed by atoms with Gasteiger partial charge >= 0.3 is 6.03 Å². The second kappa shape index (κ2) is 6.34. The Hall–Kier alpha value is -2.11. The van der Waals surface area contributed by atoms with E-state index < -0.39 is 5.54 Å². The van der Waals surface area contributed by atoms with Gasteiger partial charge in [-0.1, -0.05) is 19.4 Å². The van der Waals surface area contributed by atoms with E-state index in [0.29, 0.717) is 5.69 Å². The van der Waals surface area contributed by atoms with Crippen LogP contribution in [0.2, 0.25) is 0 Å². The lowest BCUT2D eigenvalue weighted by Crippen LogP contribution is -2.53. The van der Waals surface area contributed by atoms with E-state index in [0.717, 1.165) is 19.3 Å². The molecular formula is C16H24N4O2. The molecule has 1 N–H and O–H groups in total. The fourth-order valence-corrected chi connectivity index (χ4v) is 3.11. The van der Waals surface area contributed by atoms with Gasteiger partial charge in [0.05, 0.1) is 5.69 Å². The van der Waals surface area contributed by atoms with Crippen LogP contribution in [0.1, 0.15) is 38.8 Å². The molecule has 0 spiro atoms. The molecule has 120 valence electrons. The molecule has 0 saturated carbocycles. The molecule has 6 heteroatoms. The first-order chi connectivity index (χ1) is 10.5. The summed E-state index contributed by atoms with van der Waals surface area (Å²) in [6, 6.07) is 5.17. The van der Waals surface area contributed by atoms with E-state index in [-0.39, 0.29) is 18.1 Å². The summed E-state index contributed by atoms with van der Waals surface area (Å²) in [7, 11) is 3.34. The van der Waals surface area contributed by atoms with E-state index in [1.807, 2.05) is 6.07 Å². The standard InChI is InChI=1S/C16H24N4O2/c1-5-6-10-13-19(4)14(21)16(2,20(13)15(22)17-3)12-9-7-8-11-18-12/h7-9,11,13H,5-6,10H2,1-4H3,(H,17,22)/t13-,16-/m1/s1. The average molecular weight is 304 g/mol. The Morgan fingerprint density at radius 3 is 2.73 bits per heavy atom. The summed E-state index contributed by atoms with van der Waals surface area (Å²) in [4.78, 5) is 33.0. The highest BCUT2D eigenvalue weighted by molar-refractivity contribution is 5.94. The largest absolute Gasteiger partial charge is 0.341 e. The number of pyridine rings is 1. The monoisotopic (exact) mass is 304 g/mol. The van der Waals surface area contributed by atoms with Crippen molar-refractivity contribution in [1.29, 1.82) is 0 Å². The molecule has 2 atom stereocenters. The van der Waals surface area contributed by atoms with E-state index >= 15 is 0 Å². The first-order valence-electron chi connectivity index (χ1n) is 7.68. The summed E-state index contributed by atoms with van der Waals surface area (Å²) >= 11 is 0. The van der Waals surface area contributed by atoms with Crippen LogP contribution >= 0.6 is 0 Å². The van der Waals surface area contributed by atoms with Crippen molar-refractivity contribution >= 4 is 11.9 Å². The number of nitrogens with one attached hydrogen (secondary N) is 1. The van der Waals surface area contributed by atoms with Crippen molar-refractivity contribution in [2.24, 2.45) is 0 Å². The smallest absolute Gasteiger partial charge is 0.320 e. The maximum atomic E-state index is 12.9. The number of unbranched alkanes of at least 4 members (excludes halogenated alkanes) is 1. The lowest BCUT2D eigenvalue weighted by atomic mass is 9.95. The van der Waals surface area contributed by atoms with Crippen LogP contribution < -0.4 is 5.32 Å². The van der Waals surface area contributed by atoms with Crippen LogP contribution in [-0.2, 0) is 10.3 Å². The average Bonchev–Trinajstić information content (AvgIpc) is 2.75. The van der Waals surface area contributed by atoms with E-state index in [1.54, 1.807) is 49.1 Å². The Morgan fingerprint density at radius 2 is 2.18 bits per heavy atom. The predicted molar refractivity (Wildman–Crippen MR) is 84.0 cm³/mol. The number of hydrogen-bond acceptors (Lipinski definition) is 3. The fourth-order valence-electron chi connectivity index (χ4n) is 3.11. The van der Waals surface area contributed by atoms with Crippen LogP contribution in [0, 0.1) is 0 Å². The molecule has 1 aliphatic rings. The minimum Gasteiger partial charge on any atom is -0.341 e. The molecular weight excluding hydrogens is 280 g/mol. The molecule has 1 aliphatic heterocycles. The number of urea groups is 1. The molecule has 22 heavy (non-hydrogen) atoms. The topological polar surface area (TPSA) is 65.5 Å². The number of rotatable bonds is 4. The van der Waals surface area contributed by atoms with Gasteiger partial charge in [-0.15, -0.1) is 0 Å². The minimum absolute atomic E-state index is 0.101. The maximum absolute atomic E-state index is 12.9. The first-order valence-corrected chi connectivity index (χ1v) is 7.68. The van der Waals surface area contributed by atoms with Gasteiger partial charge in [0.25, 0.3) is 5.91 Å². The molecule has 0 radical (unpaired) electrons. The molecule has 1 aromatic rings. The van der Waals surface area contributed by atoms with E-state index in [9.17, 15) is 9.59 Å². The Morgan fingerprint density at radius 1 is 1.45 bits per heavy atom. The van der Waals surface area contributed by atoms with Crippen molar-refractivity contribution < 1.29 is 9.59 Å². The zero-order chi connectivity index (χ0) is 16.3. The Labute approximate surface area is 131 Å². The zero-order valence-corrected chi connectivity index (χ0v) is 13.7. The van der Waals surface area contributed by atoms with Gasteiger partial charge < -0.3 is 10.2 Å².